The Bertz CT molecular complexity index is 682. The van der Waals surface area contributed by atoms with Crippen LogP contribution in [0.1, 0.15) is 11.6 Å². The number of aryl methyl sites for hydroxylation is 2. The minimum absolute atomic E-state index is 0.0833. The summed E-state index contributed by atoms with van der Waals surface area (Å²) in [7, 11) is 0. The molecule has 0 saturated carbocycles. The summed E-state index contributed by atoms with van der Waals surface area (Å²) in [6, 6.07) is 0. The van der Waals surface area contributed by atoms with Gasteiger partial charge in [0.05, 0.1) is 0 Å². The zero-order valence-corrected chi connectivity index (χ0v) is 9.73. The molecule has 0 aliphatic heterocycles. The zero-order chi connectivity index (χ0) is 14.5. The quantitative estimate of drug-likeness (QED) is 0.356. The standard InChI is InChI=1S/C6H8N10O4/c17-15(18)13-5-7-3(9-11-5)1-2-4-8-6(12-10-4)14-16(19)20/h1-2H2,(H2,7,9,11,13)(H2,8,10,12,14). The minimum Gasteiger partial charge on any atom is -0.285 e. The molecule has 0 fully saturated rings. The van der Waals surface area contributed by atoms with Gasteiger partial charge >= 0.3 is 5.62 Å². The molecule has 4 N–H and O–H groups in total. The fourth-order valence-electron chi connectivity index (χ4n) is 1.33. The van der Waals surface area contributed by atoms with Crippen LogP contribution >= 0.6 is 0 Å². The molecular weight excluding hydrogens is 276 g/mol. The molecule has 14 nitrogen and oxygen atoms in total. The van der Waals surface area contributed by atoms with Crippen LogP contribution in [0.4, 0.5) is 5.95 Å². The third kappa shape index (κ3) is 3.59. The molecular formula is C6H8N10O4. The Morgan fingerprint density at radius 2 is 2.00 bits per heavy atom. The number of rotatable bonds is 6. The zero-order valence-electron chi connectivity index (χ0n) is 9.73. The lowest BCUT2D eigenvalue weighted by molar-refractivity contribution is -0.491. The van der Waals surface area contributed by atoms with E-state index in [0.717, 1.165) is 0 Å². The number of H-pyrrole nitrogens is 3. The number of hydrogen-bond donors (Lipinski definition) is 4. The van der Waals surface area contributed by atoms with E-state index in [2.05, 4.69) is 35.5 Å². The van der Waals surface area contributed by atoms with Gasteiger partial charge in [-0.25, -0.2) is 25.3 Å². The second-order valence-corrected chi connectivity index (χ2v) is 3.44. The molecule has 2 rings (SSSR count). The second-order valence-electron chi connectivity index (χ2n) is 3.44. The van der Waals surface area contributed by atoms with E-state index in [9.17, 15) is 20.2 Å². The molecule has 2 heterocycles. The average molecular weight is 284 g/mol. The maximum absolute atomic E-state index is 10.2. The van der Waals surface area contributed by atoms with Crippen molar-refractivity contribution in [3.05, 3.63) is 37.5 Å². The van der Waals surface area contributed by atoms with Crippen molar-refractivity contribution in [3.8, 4) is 0 Å². The van der Waals surface area contributed by atoms with Crippen LogP contribution in [-0.4, -0.2) is 40.4 Å². The molecule has 0 aromatic carbocycles. The molecule has 14 heteroatoms. The Labute approximate surface area is 108 Å². The van der Waals surface area contributed by atoms with Crippen LogP contribution < -0.4 is 11.0 Å². The number of aromatic nitrogens is 6. The van der Waals surface area contributed by atoms with E-state index < -0.39 is 10.1 Å². The Kier molecular flexibility index (Phi) is 3.64. The van der Waals surface area contributed by atoms with Gasteiger partial charge in [0, 0.05) is 12.8 Å². The van der Waals surface area contributed by atoms with E-state index in [0.29, 0.717) is 24.5 Å². The maximum atomic E-state index is 10.2. The lowest BCUT2D eigenvalue weighted by Gasteiger charge is -1.90. The van der Waals surface area contributed by atoms with E-state index >= 15 is 0 Å². The van der Waals surface area contributed by atoms with Crippen molar-refractivity contribution in [1.29, 1.82) is 0 Å². The molecule has 0 saturated heterocycles. The molecule has 0 aliphatic rings. The average Bonchev–Trinajstić information content (AvgIpc) is 2.94. The van der Waals surface area contributed by atoms with Gasteiger partial charge in [-0.15, -0.1) is 0 Å². The number of hydrazine groups is 1. The first kappa shape index (κ1) is 13.1. The Morgan fingerprint density at radius 3 is 2.70 bits per heavy atom. The van der Waals surface area contributed by atoms with Crippen molar-refractivity contribution < 1.29 is 10.1 Å². The van der Waals surface area contributed by atoms with Gasteiger partial charge in [0.1, 0.15) is 10.9 Å². The molecule has 20 heavy (non-hydrogen) atoms. The van der Waals surface area contributed by atoms with Crippen molar-refractivity contribution in [2.24, 2.45) is 5.10 Å². The number of anilines is 1. The van der Waals surface area contributed by atoms with E-state index in [1.54, 1.807) is 0 Å². The van der Waals surface area contributed by atoms with Gasteiger partial charge in [-0.05, 0) is 0 Å². The van der Waals surface area contributed by atoms with Crippen LogP contribution in [0, 0.1) is 20.2 Å². The molecule has 0 spiro atoms. The third-order valence-corrected chi connectivity index (χ3v) is 2.05. The lowest BCUT2D eigenvalue weighted by Crippen LogP contribution is -2.09. The highest BCUT2D eigenvalue weighted by atomic mass is 16.7. The minimum atomic E-state index is -0.874. The summed E-state index contributed by atoms with van der Waals surface area (Å²) in [5, 5.41) is 32.7. The summed E-state index contributed by atoms with van der Waals surface area (Å²) in [6.07, 6.45) is 0.675. The summed E-state index contributed by atoms with van der Waals surface area (Å²) < 4.78 is 0. The Hall–Kier alpha value is -3.32. The van der Waals surface area contributed by atoms with E-state index in [1.807, 2.05) is 5.43 Å². The SMILES string of the molecule is O=[N+]([O-])/N=c1\nc(CCc2n[nH]c(N[N+](=O)[O-])n2)[nH][nH]1. The number of hydrogen-bond acceptors (Lipinski definition) is 7. The summed E-state index contributed by atoms with van der Waals surface area (Å²) in [6.45, 7) is 0. The van der Waals surface area contributed by atoms with E-state index in [-0.39, 0.29) is 11.6 Å². The largest absolute Gasteiger partial charge is 0.315 e. The molecule has 0 radical (unpaired) electrons. The first-order valence-electron chi connectivity index (χ1n) is 5.18. The van der Waals surface area contributed by atoms with Gasteiger partial charge < -0.3 is 0 Å². The second kappa shape index (κ2) is 5.55. The Morgan fingerprint density at radius 1 is 1.20 bits per heavy atom. The van der Waals surface area contributed by atoms with Crippen LogP contribution in [0.3, 0.4) is 0 Å². The van der Waals surface area contributed by atoms with Crippen LogP contribution in [0.15, 0.2) is 5.10 Å². The van der Waals surface area contributed by atoms with Gasteiger partial charge in [0.2, 0.25) is 0 Å². The molecule has 0 amide bonds. The highest BCUT2D eigenvalue weighted by molar-refractivity contribution is 5.18. The van der Waals surface area contributed by atoms with Crippen LogP contribution in [0.5, 0.6) is 0 Å². The van der Waals surface area contributed by atoms with Crippen molar-refractivity contribution in [3.63, 3.8) is 0 Å². The van der Waals surface area contributed by atoms with Gasteiger partial charge in [0.15, 0.2) is 15.9 Å². The van der Waals surface area contributed by atoms with Gasteiger partial charge in [-0.2, -0.15) is 15.1 Å². The highest BCUT2D eigenvalue weighted by Gasteiger charge is 2.08. The fourth-order valence-corrected chi connectivity index (χ4v) is 1.33. The summed E-state index contributed by atoms with van der Waals surface area (Å²) in [5.41, 5.74) is 1.67. The predicted octanol–water partition coefficient (Wildman–Crippen LogP) is -1.66. The number of nitro groups is 2. The van der Waals surface area contributed by atoms with Crippen LogP contribution in [0.2, 0.25) is 0 Å². The van der Waals surface area contributed by atoms with E-state index in [1.165, 1.54) is 0 Å². The normalized spacial score (nSPS) is 11.5. The number of aromatic amines is 3. The fraction of sp³-hybridized carbons (Fsp3) is 0.333. The lowest BCUT2D eigenvalue weighted by atomic mass is 10.3. The van der Waals surface area contributed by atoms with E-state index in [4.69, 9.17) is 0 Å². The monoisotopic (exact) mass is 284 g/mol. The van der Waals surface area contributed by atoms with Crippen molar-refractivity contribution in [2.45, 2.75) is 12.8 Å². The van der Waals surface area contributed by atoms with Gasteiger partial charge in [-0.3, -0.25) is 10.2 Å². The molecule has 0 bridgehead atoms. The smallest absolute Gasteiger partial charge is 0.285 e. The van der Waals surface area contributed by atoms with Crippen LogP contribution in [-0.2, 0) is 12.8 Å². The summed E-state index contributed by atoms with van der Waals surface area (Å²) in [4.78, 5) is 27.9. The first-order valence-corrected chi connectivity index (χ1v) is 5.18. The molecule has 2 aromatic rings. The van der Waals surface area contributed by atoms with Crippen molar-refractivity contribution in [2.75, 3.05) is 5.43 Å². The molecule has 106 valence electrons. The molecule has 0 aliphatic carbocycles. The number of nitrogens with one attached hydrogen (secondary N) is 4. The molecule has 0 unspecified atom stereocenters. The van der Waals surface area contributed by atoms with Gasteiger partial charge in [0.25, 0.3) is 5.95 Å². The van der Waals surface area contributed by atoms with Crippen LogP contribution in [0.25, 0.3) is 0 Å². The highest BCUT2D eigenvalue weighted by Crippen LogP contribution is 2.01. The predicted molar refractivity (Wildman–Crippen MR) is 59.9 cm³/mol. The van der Waals surface area contributed by atoms with Crippen molar-refractivity contribution >= 4 is 5.95 Å². The number of nitrogens with zero attached hydrogens (tertiary/aromatic N) is 6. The molecule has 0 atom stereocenters. The topological polar surface area (TPSA) is 197 Å². The Balaban J connectivity index is 1.95. The summed E-state index contributed by atoms with van der Waals surface area (Å²) >= 11 is 0. The van der Waals surface area contributed by atoms with Gasteiger partial charge in [-0.1, -0.05) is 5.43 Å². The first-order chi connectivity index (χ1) is 9.52. The summed E-state index contributed by atoms with van der Waals surface area (Å²) in [5.74, 6) is 0.665. The third-order valence-electron chi connectivity index (χ3n) is 2.05. The van der Waals surface area contributed by atoms with Crippen molar-refractivity contribution in [1.82, 2.24) is 30.4 Å². The maximum Gasteiger partial charge on any atom is 0.315 e. The molecule has 2 aromatic heterocycles.